The second kappa shape index (κ2) is 6.66. The molecule has 0 bridgehead atoms. The molecule has 0 radical (unpaired) electrons. The summed E-state index contributed by atoms with van der Waals surface area (Å²) in [5.74, 6) is 0.596. The molecule has 0 saturated heterocycles. The number of hydrogen-bond donors (Lipinski definition) is 1. The minimum absolute atomic E-state index is 0.277. The van der Waals surface area contributed by atoms with Crippen LogP contribution < -0.4 is 5.73 Å². The Bertz CT molecular complexity index is 284. The average Bonchev–Trinajstić information content (AvgIpc) is 2.29. The Morgan fingerprint density at radius 3 is 2.44 bits per heavy atom. The zero-order chi connectivity index (χ0) is 12.0. The summed E-state index contributed by atoms with van der Waals surface area (Å²) in [6, 6.07) is 10.8. The Hall–Kier alpha value is -0.860. The molecule has 0 heterocycles. The quantitative estimate of drug-likeness (QED) is 0.798. The zero-order valence-electron chi connectivity index (χ0n) is 10.7. The van der Waals surface area contributed by atoms with Crippen molar-refractivity contribution < 1.29 is 0 Å². The van der Waals surface area contributed by atoms with Gasteiger partial charge in [0.2, 0.25) is 0 Å². The first kappa shape index (κ1) is 13.2. The third-order valence-electron chi connectivity index (χ3n) is 3.19. The van der Waals surface area contributed by atoms with Crippen molar-refractivity contribution in [2.45, 2.75) is 32.9 Å². The minimum atomic E-state index is 0.277. The summed E-state index contributed by atoms with van der Waals surface area (Å²) in [5, 5.41) is 0. The summed E-state index contributed by atoms with van der Waals surface area (Å²) in [6.45, 7) is 6.36. The third kappa shape index (κ3) is 4.33. The molecule has 16 heavy (non-hydrogen) atoms. The Morgan fingerprint density at radius 1 is 1.25 bits per heavy atom. The molecule has 2 N–H and O–H groups in total. The van der Waals surface area contributed by atoms with Crippen LogP contribution in [0.5, 0.6) is 0 Å². The van der Waals surface area contributed by atoms with Crippen LogP contribution in [0, 0.1) is 5.92 Å². The Kier molecular flexibility index (Phi) is 5.50. The van der Waals surface area contributed by atoms with Gasteiger partial charge in [0.05, 0.1) is 0 Å². The Balaban J connectivity index is 2.39. The molecule has 1 unspecified atom stereocenters. The molecule has 1 aromatic carbocycles. The van der Waals surface area contributed by atoms with Crippen molar-refractivity contribution in [1.29, 1.82) is 0 Å². The van der Waals surface area contributed by atoms with E-state index in [-0.39, 0.29) is 6.04 Å². The highest BCUT2D eigenvalue weighted by Gasteiger charge is 2.12. The number of rotatable bonds is 6. The van der Waals surface area contributed by atoms with Crippen LogP contribution in [0.15, 0.2) is 30.3 Å². The van der Waals surface area contributed by atoms with Gasteiger partial charge in [-0.05, 0) is 18.5 Å². The van der Waals surface area contributed by atoms with Crippen LogP contribution in [0.3, 0.4) is 0 Å². The van der Waals surface area contributed by atoms with Crippen molar-refractivity contribution in [2.24, 2.45) is 11.7 Å². The second-order valence-electron chi connectivity index (χ2n) is 4.73. The van der Waals surface area contributed by atoms with E-state index in [0.29, 0.717) is 5.92 Å². The van der Waals surface area contributed by atoms with Gasteiger partial charge in [-0.15, -0.1) is 0 Å². The largest absolute Gasteiger partial charge is 0.326 e. The maximum absolute atomic E-state index is 6.14. The van der Waals surface area contributed by atoms with Crippen LogP contribution in [0.4, 0.5) is 0 Å². The zero-order valence-corrected chi connectivity index (χ0v) is 10.7. The van der Waals surface area contributed by atoms with Crippen molar-refractivity contribution in [3.63, 3.8) is 0 Å². The fourth-order valence-corrected chi connectivity index (χ4v) is 1.80. The summed E-state index contributed by atoms with van der Waals surface area (Å²) in [5.41, 5.74) is 7.49. The topological polar surface area (TPSA) is 29.3 Å². The first-order valence-electron chi connectivity index (χ1n) is 6.11. The van der Waals surface area contributed by atoms with Crippen molar-refractivity contribution in [3.05, 3.63) is 35.9 Å². The lowest BCUT2D eigenvalue weighted by atomic mass is 10.00. The van der Waals surface area contributed by atoms with Crippen LogP contribution in [-0.2, 0) is 6.54 Å². The molecule has 0 aromatic heterocycles. The van der Waals surface area contributed by atoms with Crippen LogP contribution >= 0.6 is 0 Å². The van der Waals surface area contributed by atoms with Crippen molar-refractivity contribution in [2.75, 3.05) is 13.6 Å². The van der Waals surface area contributed by atoms with Crippen molar-refractivity contribution >= 4 is 0 Å². The summed E-state index contributed by atoms with van der Waals surface area (Å²) < 4.78 is 0. The number of hydrogen-bond acceptors (Lipinski definition) is 2. The van der Waals surface area contributed by atoms with Gasteiger partial charge in [-0.25, -0.2) is 0 Å². The van der Waals surface area contributed by atoms with Gasteiger partial charge in [0.1, 0.15) is 0 Å². The standard InChI is InChI=1S/C14H24N2/c1-4-12(2)14(15)11-16(3)10-13-8-6-5-7-9-13/h5-9,12,14H,4,10-11,15H2,1-3H3/t12?,14-/m1/s1. The molecule has 0 aliphatic carbocycles. The lowest BCUT2D eigenvalue weighted by Crippen LogP contribution is -2.39. The number of nitrogens with zero attached hydrogens (tertiary/aromatic N) is 1. The summed E-state index contributed by atoms with van der Waals surface area (Å²) in [7, 11) is 2.13. The van der Waals surface area contributed by atoms with E-state index in [0.717, 1.165) is 19.5 Å². The molecule has 1 aromatic rings. The number of likely N-dealkylation sites (N-methyl/N-ethyl adjacent to an activating group) is 1. The van der Waals surface area contributed by atoms with Crippen molar-refractivity contribution in [1.82, 2.24) is 4.90 Å². The molecule has 0 fully saturated rings. The Labute approximate surface area is 99.5 Å². The lowest BCUT2D eigenvalue weighted by Gasteiger charge is -2.25. The lowest BCUT2D eigenvalue weighted by molar-refractivity contribution is 0.267. The highest BCUT2D eigenvalue weighted by Crippen LogP contribution is 2.08. The molecular weight excluding hydrogens is 196 g/mol. The molecule has 2 heteroatoms. The van der Waals surface area contributed by atoms with Gasteiger partial charge in [0, 0.05) is 19.1 Å². The van der Waals surface area contributed by atoms with E-state index in [1.165, 1.54) is 5.56 Å². The van der Waals surface area contributed by atoms with Gasteiger partial charge in [-0.3, -0.25) is 0 Å². The van der Waals surface area contributed by atoms with Crippen LogP contribution in [-0.4, -0.2) is 24.5 Å². The normalized spacial score (nSPS) is 15.1. The first-order valence-corrected chi connectivity index (χ1v) is 6.11. The number of nitrogens with two attached hydrogens (primary N) is 1. The van der Waals surface area contributed by atoms with E-state index in [4.69, 9.17) is 5.73 Å². The highest BCUT2D eigenvalue weighted by atomic mass is 15.1. The van der Waals surface area contributed by atoms with Crippen molar-refractivity contribution in [3.8, 4) is 0 Å². The molecular formula is C14H24N2. The predicted molar refractivity (Wildman–Crippen MR) is 70.2 cm³/mol. The van der Waals surface area contributed by atoms with E-state index in [2.05, 4.69) is 50.1 Å². The van der Waals surface area contributed by atoms with Crippen LogP contribution in [0.2, 0.25) is 0 Å². The monoisotopic (exact) mass is 220 g/mol. The molecule has 2 nitrogen and oxygen atoms in total. The van der Waals surface area contributed by atoms with Crippen LogP contribution in [0.1, 0.15) is 25.8 Å². The molecule has 0 saturated carbocycles. The fraction of sp³-hybridized carbons (Fsp3) is 0.571. The van der Waals surface area contributed by atoms with E-state index in [1.54, 1.807) is 0 Å². The smallest absolute Gasteiger partial charge is 0.0231 e. The summed E-state index contributed by atoms with van der Waals surface area (Å²) >= 11 is 0. The first-order chi connectivity index (χ1) is 7.63. The van der Waals surface area contributed by atoms with Gasteiger partial charge in [0.25, 0.3) is 0 Å². The molecule has 90 valence electrons. The summed E-state index contributed by atoms with van der Waals surface area (Å²) in [6.07, 6.45) is 1.15. The fourth-order valence-electron chi connectivity index (χ4n) is 1.80. The third-order valence-corrected chi connectivity index (χ3v) is 3.19. The van der Waals surface area contributed by atoms with E-state index in [1.807, 2.05) is 6.07 Å². The van der Waals surface area contributed by atoms with E-state index >= 15 is 0 Å². The second-order valence-corrected chi connectivity index (χ2v) is 4.73. The number of benzene rings is 1. The Morgan fingerprint density at radius 2 is 1.88 bits per heavy atom. The molecule has 0 amide bonds. The highest BCUT2D eigenvalue weighted by molar-refractivity contribution is 5.14. The molecule has 1 rings (SSSR count). The van der Waals surface area contributed by atoms with Gasteiger partial charge in [0.15, 0.2) is 0 Å². The SMILES string of the molecule is CCC(C)[C@H](N)CN(C)Cc1ccccc1. The van der Waals surface area contributed by atoms with Gasteiger partial charge < -0.3 is 10.6 Å². The van der Waals surface area contributed by atoms with Gasteiger partial charge >= 0.3 is 0 Å². The van der Waals surface area contributed by atoms with Crippen LogP contribution in [0.25, 0.3) is 0 Å². The molecule has 0 spiro atoms. The average molecular weight is 220 g/mol. The predicted octanol–water partition coefficient (Wildman–Crippen LogP) is 2.49. The maximum Gasteiger partial charge on any atom is 0.0231 e. The van der Waals surface area contributed by atoms with Gasteiger partial charge in [-0.1, -0.05) is 50.6 Å². The minimum Gasteiger partial charge on any atom is -0.326 e. The maximum atomic E-state index is 6.14. The van der Waals surface area contributed by atoms with Gasteiger partial charge in [-0.2, -0.15) is 0 Å². The molecule has 0 aliphatic heterocycles. The molecule has 2 atom stereocenters. The molecule has 0 aliphatic rings. The van der Waals surface area contributed by atoms with E-state index in [9.17, 15) is 0 Å². The van der Waals surface area contributed by atoms with E-state index < -0.39 is 0 Å². The summed E-state index contributed by atoms with van der Waals surface area (Å²) in [4.78, 5) is 2.30.